The Balaban J connectivity index is 1.89. The van der Waals surface area contributed by atoms with Gasteiger partial charge in [-0.25, -0.2) is 4.98 Å². The van der Waals surface area contributed by atoms with Crippen LogP contribution >= 0.6 is 11.6 Å². The largest absolute Gasteiger partial charge is 0.373 e. The van der Waals surface area contributed by atoms with Crippen LogP contribution in [0.25, 0.3) is 22.8 Å². The van der Waals surface area contributed by atoms with E-state index >= 15 is 0 Å². The molecule has 0 fully saturated rings. The van der Waals surface area contributed by atoms with Crippen molar-refractivity contribution in [3.8, 4) is 22.8 Å². The molecule has 2 heterocycles. The molecule has 0 aliphatic heterocycles. The summed E-state index contributed by atoms with van der Waals surface area (Å²) in [6, 6.07) is 9.97. The molecule has 1 N–H and O–H groups in total. The average molecular weight is 343 g/mol. The van der Waals surface area contributed by atoms with Crippen molar-refractivity contribution in [2.45, 2.75) is 20.3 Å². The fraction of sp³-hybridized carbons (Fsp3) is 0.278. The van der Waals surface area contributed by atoms with Crippen molar-refractivity contribution in [3.05, 3.63) is 47.1 Å². The summed E-state index contributed by atoms with van der Waals surface area (Å²) in [5, 5.41) is 7.58. The number of benzene rings is 1. The molecule has 6 heteroatoms. The van der Waals surface area contributed by atoms with Gasteiger partial charge in [-0.05, 0) is 36.1 Å². The second-order valence-electron chi connectivity index (χ2n) is 6.02. The first-order valence-electron chi connectivity index (χ1n) is 7.83. The van der Waals surface area contributed by atoms with E-state index in [9.17, 15) is 0 Å². The van der Waals surface area contributed by atoms with Gasteiger partial charge in [0.25, 0.3) is 5.89 Å². The molecule has 0 spiro atoms. The summed E-state index contributed by atoms with van der Waals surface area (Å²) in [4.78, 5) is 8.70. The smallest absolute Gasteiger partial charge is 0.258 e. The molecule has 3 rings (SSSR count). The zero-order chi connectivity index (χ0) is 17.1. The van der Waals surface area contributed by atoms with Crippen molar-refractivity contribution < 1.29 is 4.52 Å². The fourth-order valence-corrected chi connectivity index (χ4v) is 2.67. The van der Waals surface area contributed by atoms with E-state index in [1.54, 1.807) is 19.3 Å². The highest BCUT2D eigenvalue weighted by Gasteiger charge is 2.15. The molecule has 24 heavy (non-hydrogen) atoms. The van der Waals surface area contributed by atoms with E-state index in [2.05, 4.69) is 46.4 Å². The number of anilines is 1. The van der Waals surface area contributed by atoms with Gasteiger partial charge < -0.3 is 9.84 Å². The number of nitrogens with zero attached hydrogens (tertiary/aromatic N) is 3. The van der Waals surface area contributed by atoms with Gasteiger partial charge in [-0.15, -0.1) is 0 Å². The maximum Gasteiger partial charge on any atom is 0.258 e. The Morgan fingerprint density at radius 2 is 1.96 bits per heavy atom. The molecule has 0 aliphatic carbocycles. The summed E-state index contributed by atoms with van der Waals surface area (Å²) in [7, 11) is 1.79. The van der Waals surface area contributed by atoms with E-state index in [4.69, 9.17) is 16.1 Å². The number of hydrogen-bond donors (Lipinski definition) is 1. The number of halogens is 1. The first kappa shape index (κ1) is 16.5. The predicted molar refractivity (Wildman–Crippen MR) is 96.1 cm³/mol. The monoisotopic (exact) mass is 342 g/mol. The lowest BCUT2D eigenvalue weighted by Gasteiger charge is -2.05. The number of aromatic nitrogens is 3. The lowest BCUT2D eigenvalue weighted by Crippen LogP contribution is -1.96. The van der Waals surface area contributed by atoms with Crippen LogP contribution in [-0.4, -0.2) is 22.2 Å². The van der Waals surface area contributed by atoms with E-state index in [0.717, 1.165) is 12.0 Å². The summed E-state index contributed by atoms with van der Waals surface area (Å²) in [5.41, 5.74) is 2.89. The topological polar surface area (TPSA) is 63.8 Å². The van der Waals surface area contributed by atoms with Gasteiger partial charge in [0.2, 0.25) is 5.82 Å². The molecule has 0 atom stereocenters. The Kier molecular flexibility index (Phi) is 4.81. The maximum atomic E-state index is 6.03. The van der Waals surface area contributed by atoms with Gasteiger partial charge >= 0.3 is 0 Å². The summed E-state index contributed by atoms with van der Waals surface area (Å²) >= 11 is 6.03. The van der Waals surface area contributed by atoms with Crippen LogP contribution in [0, 0.1) is 5.92 Å². The first-order chi connectivity index (χ1) is 11.6. The minimum absolute atomic E-state index is 0.454. The fourth-order valence-electron chi connectivity index (χ4n) is 2.51. The zero-order valence-electron chi connectivity index (χ0n) is 13.9. The van der Waals surface area contributed by atoms with Crippen LogP contribution in [0.3, 0.4) is 0 Å². The summed E-state index contributed by atoms with van der Waals surface area (Å²) in [5.74, 6) is 2.21. The maximum absolute atomic E-state index is 6.03. The summed E-state index contributed by atoms with van der Waals surface area (Å²) in [6.07, 6.45) is 2.63. The molecule has 2 aromatic heterocycles. The third-order valence-electron chi connectivity index (χ3n) is 3.60. The second-order valence-corrected chi connectivity index (χ2v) is 6.45. The van der Waals surface area contributed by atoms with Gasteiger partial charge in [0.15, 0.2) is 0 Å². The van der Waals surface area contributed by atoms with Gasteiger partial charge in [0, 0.05) is 18.8 Å². The molecule has 0 saturated carbocycles. The van der Waals surface area contributed by atoms with Crippen LogP contribution in [0.5, 0.6) is 0 Å². The van der Waals surface area contributed by atoms with E-state index < -0.39 is 0 Å². The Hall–Kier alpha value is -2.40. The second kappa shape index (κ2) is 7.01. The quantitative estimate of drug-likeness (QED) is 0.728. The number of pyridine rings is 1. The van der Waals surface area contributed by atoms with E-state index in [0.29, 0.717) is 34.0 Å². The molecule has 0 amide bonds. The lowest BCUT2D eigenvalue weighted by molar-refractivity contribution is 0.432. The molecule has 1 aromatic carbocycles. The molecule has 124 valence electrons. The molecule has 0 saturated heterocycles. The van der Waals surface area contributed by atoms with Gasteiger partial charge in [0.1, 0.15) is 5.82 Å². The van der Waals surface area contributed by atoms with Crippen molar-refractivity contribution in [1.82, 2.24) is 15.1 Å². The van der Waals surface area contributed by atoms with Crippen LogP contribution in [0.2, 0.25) is 5.02 Å². The average Bonchev–Trinajstić information content (AvgIpc) is 3.05. The molecular weight excluding hydrogens is 324 g/mol. The van der Waals surface area contributed by atoms with Crippen molar-refractivity contribution in [1.29, 1.82) is 0 Å². The lowest BCUT2D eigenvalue weighted by atomic mass is 10.0. The number of rotatable bonds is 5. The van der Waals surface area contributed by atoms with Crippen LogP contribution in [0.1, 0.15) is 19.4 Å². The van der Waals surface area contributed by atoms with Crippen molar-refractivity contribution in [2.75, 3.05) is 12.4 Å². The molecule has 3 aromatic rings. The Labute approximate surface area is 146 Å². The minimum atomic E-state index is 0.454. The SMILES string of the molecule is CNc1ncc(Cl)cc1-c1noc(-c2ccc(CC(C)C)cc2)n1. The van der Waals surface area contributed by atoms with Crippen molar-refractivity contribution >= 4 is 17.4 Å². The third kappa shape index (κ3) is 3.57. The predicted octanol–water partition coefficient (Wildman–Crippen LogP) is 4.69. The zero-order valence-corrected chi connectivity index (χ0v) is 14.6. The number of hydrogen-bond acceptors (Lipinski definition) is 5. The van der Waals surface area contributed by atoms with E-state index in [-0.39, 0.29) is 0 Å². The Morgan fingerprint density at radius 3 is 2.62 bits per heavy atom. The summed E-state index contributed by atoms with van der Waals surface area (Å²) < 4.78 is 5.41. The van der Waals surface area contributed by atoms with Crippen LogP contribution in [0.4, 0.5) is 5.82 Å². The highest BCUT2D eigenvalue weighted by Crippen LogP contribution is 2.28. The molecule has 0 unspecified atom stereocenters. The van der Waals surface area contributed by atoms with Gasteiger partial charge in [0.05, 0.1) is 10.6 Å². The Bertz CT molecular complexity index is 827. The van der Waals surface area contributed by atoms with Crippen LogP contribution in [0.15, 0.2) is 41.1 Å². The molecule has 0 aliphatic rings. The normalized spacial score (nSPS) is 11.0. The molecule has 0 radical (unpaired) electrons. The van der Waals surface area contributed by atoms with Gasteiger partial charge in [-0.1, -0.05) is 42.7 Å². The third-order valence-corrected chi connectivity index (χ3v) is 3.81. The van der Waals surface area contributed by atoms with Gasteiger partial charge in [-0.3, -0.25) is 0 Å². The van der Waals surface area contributed by atoms with E-state index in [1.807, 2.05) is 12.1 Å². The van der Waals surface area contributed by atoms with Crippen molar-refractivity contribution in [2.24, 2.45) is 5.92 Å². The highest BCUT2D eigenvalue weighted by atomic mass is 35.5. The summed E-state index contributed by atoms with van der Waals surface area (Å²) in [6.45, 7) is 4.41. The van der Waals surface area contributed by atoms with E-state index in [1.165, 1.54) is 5.56 Å². The Morgan fingerprint density at radius 1 is 1.21 bits per heavy atom. The van der Waals surface area contributed by atoms with Crippen molar-refractivity contribution in [3.63, 3.8) is 0 Å². The van der Waals surface area contributed by atoms with Crippen LogP contribution in [-0.2, 0) is 6.42 Å². The molecule has 5 nitrogen and oxygen atoms in total. The molecular formula is C18H19ClN4O. The first-order valence-corrected chi connectivity index (χ1v) is 8.21. The number of nitrogens with one attached hydrogen (secondary N) is 1. The minimum Gasteiger partial charge on any atom is -0.373 e. The van der Waals surface area contributed by atoms with Gasteiger partial charge in [-0.2, -0.15) is 4.98 Å². The molecule has 0 bridgehead atoms. The van der Waals surface area contributed by atoms with Crippen LogP contribution < -0.4 is 5.32 Å². The highest BCUT2D eigenvalue weighted by molar-refractivity contribution is 6.30. The standard InChI is InChI=1S/C18H19ClN4O/c1-11(2)8-12-4-6-13(7-5-12)18-22-17(23-24-18)15-9-14(19)10-21-16(15)20-3/h4-7,9-11H,8H2,1-3H3,(H,20,21).